The predicted molar refractivity (Wildman–Crippen MR) is 120 cm³/mol. The van der Waals surface area contributed by atoms with E-state index < -0.39 is 0 Å². The molecule has 3 aliphatic rings. The second kappa shape index (κ2) is 9.74. The molecule has 2 bridgehead atoms. The number of benzene rings is 1. The molecule has 0 radical (unpaired) electrons. The van der Waals surface area contributed by atoms with Crippen molar-refractivity contribution in [2.75, 3.05) is 33.2 Å². The highest BCUT2D eigenvalue weighted by Gasteiger charge is 2.40. The Hall–Kier alpha value is -1.89. The van der Waals surface area contributed by atoms with Gasteiger partial charge in [-0.3, -0.25) is 4.90 Å². The van der Waals surface area contributed by atoms with E-state index >= 15 is 0 Å². The number of furan rings is 1. The molecule has 0 amide bonds. The van der Waals surface area contributed by atoms with Crippen molar-refractivity contribution in [3.05, 3.63) is 60.1 Å². The molecule has 1 unspecified atom stereocenters. The number of rotatable bonds is 8. The van der Waals surface area contributed by atoms with E-state index in [0.29, 0.717) is 17.7 Å². The number of hydrogen-bond donors (Lipinski definition) is 2. The Morgan fingerprint density at radius 3 is 2.79 bits per heavy atom. The van der Waals surface area contributed by atoms with Gasteiger partial charge >= 0.3 is 0 Å². The highest BCUT2D eigenvalue weighted by Crippen LogP contribution is 2.36. The van der Waals surface area contributed by atoms with Crippen LogP contribution in [0, 0.1) is 11.8 Å². The van der Waals surface area contributed by atoms with Crippen molar-refractivity contribution in [2.45, 2.75) is 32.0 Å². The van der Waals surface area contributed by atoms with Gasteiger partial charge in [-0.05, 0) is 68.2 Å². The lowest BCUT2D eigenvalue weighted by atomic mass is 9.75. The van der Waals surface area contributed by atoms with E-state index in [2.05, 4.69) is 57.8 Å². The Morgan fingerprint density at radius 2 is 2.07 bits per heavy atom. The zero-order chi connectivity index (χ0) is 20.1. The topological polar surface area (TPSA) is 43.7 Å². The van der Waals surface area contributed by atoms with Crippen LogP contribution in [0.2, 0.25) is 0 Å². The van der Waals surface area contributed by atoms with Crippen molar-refractivity contribution in [1.29, 1.82) is 0 Å². The van der Waals surface area contributed by atoms with Gasteiger partial charge in [0.15, 0.2) is 5.11 Å². The van der Waals surface area contributed by atoms with Crippen LogP contribution in [0.1, 0.15) is 24.2 Å². The number of fused-ring (bicyclic) bond motifs is 3. The lowest BCUT2D eigenvalue weighted by molar-refractivity contribution is -0.00851. The third-order valence-electron chi connectivity index (χ3n) is 6.36. The third kappa shape index (κ3) is 5.59. The van der Waals surface area contributed by atoms with Crippen LogP contribution in [-0.2, 0) is 13.1 Å². The van der Waals surface area contributed by atoms with Crippen LogP contribution in [0.5, 0.6) is 0 Å². The minimum Gasteiger partial charge on any atom is -0.467 e. The Bertz CT molecular complexity index is 766. The average molecular weight is 413 g/mol. The highest BCUT2D eigenvalue weighted by molar-refractivity contribution is 7.80. The van der Waals surface area contributed by atoms with Crippen LogP contribution < -0.4 is 10.6 Å². The number of thiocarbonyl (C=S) groups is 1. The first-order chi connectivity index (χ1) is 14.2. The van der Waals surface area contributed by atoms with Gasteiger partial charge < -0.3 is 20.0 Å². The summed E-state index contributed by atoms with van der Waals surface area (Å²) in [5, 5.41) is 7.35. The smallest absolute Gasteiger partial charge is 0.166 e. The maximum atomic E-state index is 5.44. The molecule has 0 spiro atoms. The van der Waals surface area contributed by atoms with Crippen molar-refractivity contribution in [3.8, 4) is 0 Å². The molecule has 2 N–H and O–H groups in total. The molecule has 2 aromatic rings. The van der Waals surface area contributed by atoms with Gasteiger partial charge in [-0.2, -0.15) is 0 Å². The molecular weight excluding hydrogens is 380 g/mol. The van der Waals surface area contributed by atoms with Crippen LogP contribution in [0.4, 0.5) is 0 Å². The normalized spacial score (nSPS) is 25.9. The molecule has 29 heavy (non-hydrogen) atoms. The van der Waals surface area contributed by atoms with E-state index in [1.165, 1.54) is 38.0 Å². The average Bonchev–Trinajstić information content (AvgIpc) is 3.26. The molecule has 3 fully saturated rings. The van der Waals surface area contributed by atoms with Crippen LogP contribution in [0.15, 0.2) is 53.1 Å². The van der Waals surface area contributed by atoms with E-state index in [1.807, 2.05) is 12.1 Å². The van der Waals surface area contributed by atoms with Crippen LogP contribution in [0.3, 0.4) is 0 Å². The summed E-state index contributed by atoms with van der Waals surface area (Å²) in [5.74, 6) is 2.50. The lowest BCUT2D eigenvalue weighted by Crippen LogP contribution is -2.58. The summed E-state index contributed by atoms with van der Waals surface area (Å²) in [7, 11) is 2.26. The zero-order valence-corrected chi connectivity index (χ0v) is 18.0. The molecule has 3 aliphatic heterocycles. The molecule has 1 aromatic carbocycles. The van der Waals surface area contributed by atoms with Crippen molar-refractivity contribution in [3.63, 3.8) is 0 Å². The van der Waals surface area contributed by atoms with Crippen molar-refractivity contribution >= 4 is 17.3 Å². The molecule has 0 saturated carbocycles. The fraction of sp³-hybridized carbons (Fsp3) is 0.522. The van der Waals surface area contributed by atoms with Gasteiger partial charge in [0.25, 0.3) is 0 Å². The van der Waals surface area contributed by atoms with Crippen LogP contribution >= 0.6 is 12.2 Å². The minimum atomic E-state index is 0.591. The zero-order valence-electron chi connectivity index (χ0n) is 17.2. The Morgan fingerprint density at radius 1 is 1.21 bits per heavy atom. The fourth-order valence-electron chi connectivity index (χ4n) is 4.88. The summed E-state index contributed by atoms with van der Waals surface area (Å²) >= 11 is 5.44. The monoisotopic (exact) mass is 412 g/mol. The molecule has 6 heteroatoms. The second-order valence-corrected chi connectivity index (χ2v) is 8.93. The SMILES string of the molecule is CN(Cc1ccccc1)C[C@@H]1CN2CC[C@H]1C[C@@H]2CNC(=S)NCc1ccco1. The standard InChI is InChI=1S/C23H32N4OS/c1-26(15-18-6-3-2-4-7-18)16-20-17-27-10-9-19(20)12-21(27)13-24-23(29)25-14-22-8-5-11-28-22/h2-8,11,19-21H,9-10,12-17H2,1H3,(H2,24,25,29)/t19-,20+,21+/m0/s1. The molecular formula is C23H32N4OS. The third-order valence-corrected chi connectivity index (χ3v) is 6.65. The first kappa shape index (κ1) is 20.4. The highest BCUT2D eigenvalue weighted by atomic mass is 32.1. The first-order valence-corrected chi connectivity index (χ1v) is 11.1. The summed E-state index contributed by atoms with van der Waals surface area (Å²) in [6.07, 6.45) is 4.30. The molecule has 5 nitrogen and oxygen atoms in total. The summed E-state index contributed by atoms with van der Waals surface area (Å²) in [6.45, 7) is 6.20. The van der Waals surface area contributed by atoms with Crippen molar-refractivity contribution in [2.24, 2.45) is 11.8 Å². The molecule has 5 rings (SSSR count). The second-order valence-electron chi connectivity index (χ2n) is 8.52. The van der Waals surface area contributed by atoms with Gasteiger partial charge in [-0.25, -0.2) is 0 Å². The quantitative estimate of drug-likeness (QED) is 0.650. The summed E-state index contributed by atoms with van der Waals surface area (Å²) in [4.78, 5) is 5.16. The lowest BCUT2D eigenvalue weighted by Gasteiger charge is -2.50. The van der Waals surface area contributed by atoms with Crippen molar-refractivity contribution in [1.82, 2.24) is 20.4 Å². The summed E-state index contributed by atoms with van der Waals surface area (Å²) < 4.78 is 5.34. The Labute approximate surface area is 179 Å². The molecule has 4 atom stereocenters. The molecule has 4 heterocycles. The van der Waals surface area contributed by atoms with E-state index in [4.69, 9.17) is 16.6 Å². The summed E-state index contributed by atoms with van der Waals surface area (Å²) in [5.41, 5.74) is 1.40. The van der Waals surface area contributed by atoms with Gasteiger partial charge in [0.05, 0.1) is 12.8 Å². The largest absolute Gasteiger partial charge is 0.467 e. The molecule has 1 aromatic heterocycles. The number of nitrogens with zero attached hydrogens (tertiary/aromatic N) is 2. The number of hydrogen-bond acceptors (Lipinski definition) is 4. The van der Waals surface area contributed by atoms with E-state index in [0.717, 1.165) is 30.7 Å². The van der Waals surface area contributed by atoms with Gasteiger partial charge in [-0.1, -0.05) is 30.3 Å². The van der Waals surface area contributed by atoms with Gasteiger partial charge in [0.2, 0.25) is 0 Å². The van der Waals surface area contributed by atoms with E-state index in [-0.39, 0.29) is 0 Å². The number of piperidine rings is 3. The first-order valence-electron chi connectivity index (χ1n) is 10.7. The minimum absolute atomic E-state index is 0.591. The fourth-order valence-corrected chi connectivity index (χ4v) is 5.04. The van der Waals surface area contributed by atoms with Gasteiger partial charge in [0.1, 0.15) is 5.76 Å². The summed E-state index contributed by atoms with van der Waals surface area (Å²) in [6, 6.07) is 15.2. The van der Waals surface area contributed by atoms with Crippen LogP contribution in [-0.4, -0.2) is 54.2 Å². The maximum absolute atomic E-state index is 5.44. The van der Waals surface area contributed by atoms with E-state index in [1.54, 1.807) is 6.26 Å². The Kier molecular flexibility index (Phi) is 6.85. The van der Waals surface area contributed by atoms with Gasteiger partial charge in [-0.15, -0.1) is 0 Å². The van der Waals surface area contributed by atoms with Gasteiger partial charge in [0, 0.05) is 32.2 Å². The maximum Gasteiger partial charge on any atom is 0.166 e. The van der Waals surface area contributed by atoms with E-state index in [9.17, 15) is 0 Å². The molecule has 156 valence electrons. The predicted octanol–water partition coefficient (Wildman–Crippen LogP) is 3.09. The molecule has 3 saturated heterocycles. The van der Waals surface area contributed by atoms with Crippen molar-refractivity contribution < 1.29 is 4.42 Å². The molecule has 0 aliphatic carbocycles. The van der Waals surface area contributed by atoms with Crippen LogP contribution in [0.25, 0.3) is 0 Å². The Balaban J connectivity index is 1.20. The number of nitrogens with one attached hydrogen (secondary N) is 2.